The zero-order chi connectivity index (χ0) is 25.0. The second kappa shape index (κ2) is 10.7. The van der Waals surface area contributed by atoms with Crippen LogP contribution in [-0.2, 0) is 6.42 Å². The van der Waals surface area contributed by atoms with Crippen molar-refractivity contribution < 1.29 is 0 Å². The third-order valence-corrected chi connectivity index (χ3v) is 7.73. The van der Waals surface area contributed by atoms with E-state index in [1.807, 2.05) is 47.3 Å². The molecule has 1 aliphatic carbocycles. The van der Waals surface area contributed by atoms with Crippen molar-refractivity contribution in [2.75, 3.05) is 23.3 Å². The Kier molecular flexibility index (Phi) is 6.84. The van der Waals surface area contributed by atoms with Crippen LogP contribution in [-0.4, -0.2) is 32.6 Å². The predicted octanol–water partition coefficient (Wildman–Crippen LogP) is 6.02. The molecule has 6 rings (SSSR count). The standard InChI is InChI=1S/C30H34N6O/c37-29-23(18-22-10-4-3-5-11-22)19-24-20-32-30(34-28(24)36(29)25-12-6-7-13-25)33-27-15-14-26(21-31-27)35-16-8-1-2-9-17-35/h3-5,10-11,14-15,19-21,25H,1-2,6-9,12-13,16-18H2,(H,31,32,33,34). The molecule has 0 atom stereocenters. The fraction of sp³-hybridized carbons (Fsp3) is 0.400. The first-order chi connectivity index (χ1) is 18.2. The van der Waals surface area contributed by atoms with E-state index in [1.54, 1.807) is 0 Å². The largest absolute Gasteiger partial charge is 0.370 e. The lowest BCUT2D eigenvalue weighted by Crippen LogP contribution is -2.28. The average molecular weight is 495 g/mol. The molecule has 3 aromatic heterocycles. The number of hydrogen-bond acceptors (Lipinski definition) is 6. The highest BCUT2D eigenvalue weighted by Gasteiger charge is 2.23. The molecule has 0 bridgehead atoms. The van der Waals surface area contributed by atoms with Gasteiger partial charge < -0.3 is 10.2 Å². The van der Waals surface area contributed by atoms with Crippen LogP contribution in [0.4, 0.5) is 17.5 Å². The SMILES string of the molecule is O=c1c(Cc2ccccc2)cc2cnc(Nc3ccc(N4CCCCCC4)cn3)nc2n1C1CCCC1. The van der Waals surface area contributed by atoms with Crippen molar-refractivity contribution >= 4 is 28.5 Å². The first-order valence-corrected chi connectivity index (χ1v) is 13.7. The van der Waals surface area contributed by atoms with Crippen LogP contribution in [0.3, 0.4) is 0 Å². The van der Waals surface area contributed by atoms with Crippen molar-refractivity contribution in [3.8, 4) is 0 Å². The number of nitrogens with zero attached hydrogens (tertiary/aromatic N) is 5. The van der Waals surface area contributed by atoms with E-state index in [1.165, 1.54) is 25.7 Å². The van der Waals surface area contributed by atoms with E-state index in [-0.39, 0.29) is 11.6 Å². The zero-order valence-corrected chi connectivity index (χ0v) is 21.3. The van der Waals surface area contributed by atoms with E-state index in [0.29, 0.717) is 23.8 Å². The average Bonchev–Trinajstić information content (AvgIpc) is 3.32. The van der Waals surface area contributed by atoms with Crippen molar-refractivity contribution in [1.29, 1.82) is 0 Å². The first kappa shape index (κ1) is 23.6. The first-order valence-electron chi connectivity index (χ1n) is 13.7. The summed E-state index contributed by atoms with van der Waals surface area (Å²) in [6, 6.07) is 16.4. The summed E-state index contributed by atoms with van der Waals surface area (Å²) in [5, 5.41) is 4.16. The normalized spacial score (nSPS) is 16.7. The van der Waals surface area contributed by atoms with Gasteiger partial charge in [-0.25, -0.2) is 9.97 Å². The third-order valence-electron chi connectivity index (χ3n) is 7.73. The van der Waals surface area contributed by atoms with Crippen LogP contribution < -0.4 is 15.8 Å². The maximum atomic E-state index is 13.7. The molecule has 4 aromatic rings. The summed E-state index contributed by atoms with van der Waals surface area (Å²) in [6.45, 7) is 2.18. The van der Waals surface area contributed by atoms with Gasteiger partial charge in [-0.15, -0.1) is 0 Å². The number of anilines is 3. The van der Waals surface area contributed by atoms with Crippen LogP contribution in [0.2, 0.25) is 0 Å². The fourth-order valence-electron chi connectivity index (χ4n) is 5.77. The summed E-state index contributed by atoms with van der Waals surface area (Å²) >= 11 is 0. The van der Waals surface area contributed by atoms with E-state index in [2.05, 4.69) is 38.4 Å². The van der Waals surface area contributed by atoms with Crippen LogP contribution in [0.25, 0.3) is 11.0 Å². The van der Waals surface area contributed by atoms with E-state index in [9.17, 15) is 4.79 Å². The molecule has 1 N–H and O–H groups in total. The Morgan fingerprint density at radius 1 is 0.865 bits per heavy atom. The van der Waals surface area contributed by atoms with Crippen LogP contribution in [0.5, 0.6) is 0 Å². The van der Waals surface area contributed by atoms with Gasteiger partial charge in [0.05, 0.1) is 11.9 Å². The number of nitrogens with one attached hydrogen (secondary N) is 1. The van der Waals surface area contributed by atoms with Gasteiger partial charge in [-0.05, 0) is 49.4 Å². The molecule has 190 valence electrons. The summed E-state index contributed by atoms with van der Waals surface area (Å²) < 4.78 is 1.93. The van der Waals surface area contributed by atoms with Crippen molar-refractivity contribution in [2.45, 2.75) is 63.8 Å². The molecule has 37 heavy (non-hydrogen) atoms. The van der Waals surface area contributed by atoms with Gasteiger partial charge in [0, 0.05) is 42.7 Å². The third kappa shape index (κ3) is 5.22. The van der Waals surface area contributed by atoms with Crippen molar-refractivity contribution in [1.82, 2.24) is 19.5 Å². The Balaban J connectivity index is 1.30. The number of aromatic nitrogens is 4. The van der Waals surface area contributed by atoms with Crippen molar-refractivity contribution in [3.63, 3.8) is 0 Å². The molecule has 0 radical (unpaired) electrons. The predicted molar refractivity (Wildman–Crippen MR) is 149 cm³/mol. The molecule has 2 aliphatic rings. The van der Waals surface area contributed by atoms with Crippen LogP contribution in [0, 0.1) is 0 Å². The Bertz CT molecular complexity index is 1400. The number of rotatable bonds is 6. The summed E-state index contributed by atoms with van der Waals surface area (Å²) in [5.41, 5.74) is 3.85. The second-order valence-electron chi connectivity index (χ2n) is 10.3. The summed E-state index contributed by atoms with van der Waals surface area (Å²) in [6.07, 6.45) is 13.8. The van der Waals surface area contributed by atoms with E-state index >= 15 is 0 Å². The second-order valence-corrected chi connectivity index (χ2v) is 10.3. The van der Waals surface area contributed by atoms with Crippen LogP contribution >= 0.6 is 0 Å². The molecule has 1 saturated carbocycles. The molecule has 7 heteroatoms. The highest BCUT2D eigenvalue weighted by molar-refractivity contribution is 5.77. The highest BCUT2D eigenvalue weighted by Crippen LogP contribution is 2.31. The molecule has 7 nitrogen and oxygen atoms in total. The van der Waals surface area contributed by atoms with Crippen LogP contribution in [0.15, 0.2) is 65.7 Å². The van der Waals surface area contributed by atoms with Gasteiger partial charge in [-0.1, -0.05) is 56.0 Å². The monoisotopic (exact) mass is 494 g/mol. The minimum Gasteiger partial charge on any atom is -0.370 e. The summed E-state index contributed by atoms with van der Waals surface area (Å²) in [7, 11) is 0. The Morgan fingerprint density at radius 3 is 2.38 bits per heavy atom. The fourth-order valence-corrected chi connectivity index (χ4v) is 5.77. The van der Waals surface area contributed by atoms with E-state index < -0.39 is 0 Å². The Hall–Kier alpha value is -3.74. The molecule has 1 aromatic carbocycles. The van der Waals surface area contributed by atoms with Gasteiger partial charge in [0.25, 0.3) is 5.56 Å². The highest BCUT2D eigenvalue weighted by atomic mass is 16.1. The minimum absolute atomic E-state index is 0.0628. The maximum Gasteiger partial charge on any atom is 0.256 e. The summed E-state index contributed by atoms with van der Waals surface area (Å²) in [5.74, 6) is 1.16. The number of hydrogen-bond donors (Lipinski definition) is 1. The zero-order valence-electron chi connectivity index (χ0n) is 21.3. The number of fused-ring (bicyclic) bond motifs is 1. The molecule has 0 amide bonds. The lowest BCUT2D eigenvalue weighted by molar-refractivity contribution is 0.513. The number of pyridine rings is 2. The van der Waals surface area contributed by atoms with Gasteiger partial charge >= 0.3 is 0 Å². The van der Waals surface area contributed by atoms with Crippen molar-refractivity contribution in [2.24, 2.45) is 0 Å². The van der Waals surface area contributed by atoms with Gasteiger partial charge in [0.2, 0.25) is 5.95 Å². The van der Waals surface area contributed by atoms with Crippen LogP contribution in [0.1, 0.15) is 68.5 Å². The number of benzene rings is 1. The maximum absolute atomic E-state index is 13.7. The lowest BCUT2D eigenvalue weighted by atomic mass is 10.0. The minimum atomic E-state index is 0.0628. The van der Waals surface area contributed by atoms with Crippen molar-refractivity contribution in [3.05, 3.63) is 82.4 Å². The summed E-state index contributed by atoms with van der Waals surface area (Å²) in [4.78, 5) is 30.2. The van der Waals surface area contributed by atoms with Gasteiger partial charge in [-0.3, -0.25) is 9.36 Å². The van der Waals surface area contributed by atoms with Gasteiger partial charge in [-0.2, -0.15) is 4.98 Å². The van der Waals surface area contributed by atoms with E-state index in [4.69, 9.17) is 4.98 Å². The van der Waals surface area contributed by atoms with Gasteiger partial charge in [0.15, 0.2) is 0 Å². The Morgan fingerprint density at radius 2 is 1.65 bits per heavy atom. The molecule has 1 saturated heterocycles. The molecule has 0 unspecified atom stereocenters. The lowest BCUT2D eigenvalue weighted by Gasteiger charge is -2.22. The molecule has 4 heterocycles. The molecular formula is C30H34N6O. The molecule has 0 spiro atoms. The molecule has 2 fully saturated rings. The quantitative estimate of drug-likeness (QED) is 0.353. The molecule has 1 aliphatic heterocycles. The smallest absolute Gasteiger partial charge is 0.256 e. The van der Waals surface area contributed by atoms with Gasteiger partial charge in [0.1, 0.15) is 11.5 Å². The molecular weight excluding hydrogens is 460 g/mol. The van der Waals surface area contributed by atoms with E-state index in [0.717, 1.165) is 61.0 Å². The Labute approximate surface area is 217 Å². The topological polar surface area (TPSA) is 75.9 Å².